The highest BCUT2D eigenvalue weighted by atomic mass is 16.6. The van der Waals surface area contributed by atoms with Crippen LogP contribution in [0.1, 0.15) is 44.3 Å². The topological polar surface area (TPSA) is 165 Å². The van der Waals surface area contributed by atoms with Crippen molar-refractivity contribution in [1.82, 2.24) is 30.1 Å². The minimum absolute atomic E-state index is 0.0191. The molecule has 1 spiro atoms. The first-order valence-electron chi connectivity index (χ1n) is 17.6. The molecular weight excluding hydrogens is 668 g/mol. The molecule has 3 fully saturated rings. The number of allylic oxidation sites excluding steroid dienone is 1. The summed E-state index contributed by atoms with van der Waals surface area (Å²) in [5.41, 5.74) is 0.669. The minimum atomic E-state index is -1.34. The van der Waals surface area contributed by atoms with Crippen LogP contribution in [0, 0.1) is 11.8 Å². The number of hydrogen-bond donors (Lipinski definition) is 2. The lowest BCUT2D eigenvalue weighted by Crippen LogP contribution is -2.58. The van der Waals surface area contributed by atoms with Crippen LogP contribution in [0.25, 0.3) is 11.0 Å². The van der Waals surface area contributed by atoms with Gasteiger partial charge in [-0.2, -0.15) is 0 Å². The van der Waals surface area contributed by atoms with E-state index in [2.05, 4.69) is 28.8 Å². The van der Waals surface area contributed by atoms with Crippen molar-refractivity contribution in [3.63, 3.8) is 0 Å². The molecule has 3 amide bonds. The molecule has 1 aromatic heterocycles. The van der Waals surface area contributed by atoms with Gasteiger partial charge in [-0.3, -0.25) is 19.2 Å². The van der Waals surface area contributed by atoms with Crippen LogP contribution in [0.2, 0.25) is 0 Å². The van der Waals surface area contributed by atoms with Crippen molar-refractivity contribution >= 4 is 34.7 Å². The molecule has 4 heterocycles. The lowest BCUT2D eigenvalue weighted by molar-refractivity contribution is -0.163. The maximum absolute atomic E-state index is 14.8. The summed E-state index contributed by atoms with van der Waals surface area (Å²) in [6.45, 7) is 8.98. The van der Waals surface area contributed by atoms with Gasteiger partial charge in [0.1, 0.15) is 29.9 Å². The fourth-order valence-electron chi connectivity index (χ4n) is 8.06. The minimum Gasteiger partial charge on any atom is -0.455 e. The van der Waals surface area contributed by atoms with Gasteiger partial charge in [-0.25, -0.2) is 4.68 Å². The van der Waals surface area contributed by atoms with Gasteiger partial charge >= 0.3 is 5.97 Å². The zero-order chi connectivity index (χ0) is 37.0. The summed E-state index contributed by atoms with van der Waals surface area (Å²) in [6.07, 6.45) is 3.03. The molecule has 0 unspecified atom stereocenters. The van der Waals surface area contributed by atoms with Crippen molar-refractivity contribution in [3.8, 4) is 0 Å². The number of aliphatic hydroxyl groups is 1. The van der Waals surface area contributed by atoms with E-state index in [4.69, 9.17) is 14.2 Å². The first-order valence-corrected chi connectivity index (χ1v) is 17.6. The number of likely N-dealkylation sites (tertiary alicyclic amines) is 1. The average molecular weight is 715 g/mol. The largest absolute Gasteiger partial charge is 0.455 e. The Bertz CT molecular complexity index is 1800. The molecule has 0 aliphatic carbocycles. The Hall–Kier alpha value is -4.92. The number of hydrogen-bond acceptors (Lipinski definition) is 10. The zero-order valence-electron chi connectivity index (χ0n) is 29.5. The van der Waals surface area contributed by atoms with Gasteiger partial charge in [0, 0.05) is 20.1 Å². The van der Waals surface area contributed by atoms with Gasteiger partial charge in [-0.15, -0.1) is 18.3 Å². The summed E-state index contributed by atoms with van der Waals surface area (Å²) in [7, 11) is 1.49. The Labute approximate surface area is 302 Å². The van der Waals surface area contributed by atoms with E-state index < -0.39 is 72.2 Å². The van der Waals surface area contributed by atoms with Crippen molar-refractivity contribution in [1.29, 1.82) is 0 Å². The summed E-state index contributed by atoms with van der Waals surface area (Å²) < 4.78 is 20.0. The maximum atomic E-state index is 14.8. The van der Waals surface area contributed by atoms with E-state index in [1.54, 1.807) is 48.0 Å². The number of carbonyl (C=O) groups excluding carboxylic acids is 4. The normalized spacial score (nSPS) is 25.0. The van der Waals surface area contributed by atoms with E-state index >= 15 is 0 Å². The number of benzene rings is 2. The third kappa shape index (κ3) is 6.73. The summed E-state index contributed by atoms with van der Waals surface area (Å²) in [5.74, 6) is -3.90. The molecule has 0 saturated carbocycles. The van der Waals surface area contributed by atoms with Crippen LogP contribution in [0.5, 0.6) is 0 Å². The van der Waals surface area contributed by atoms with Gasteiger partial charge in [0.05, 0.1) is 48.8 Å². The number of esters is 1. The zero-order valence-corrected chi connectivity index (χ0v) is 29.5. The SMILES string of the molecule is C=CCCC(=O)N[C@H](COC)[C@H](OC(=O)[C@@H]1[C@H]2C(=O)N([C@H](C)CO)[C@H](C(=O)N(CC=C)Cn3nnc4ccccc43)[C@]23CC[C@H]1O3)c1ccccc1. The molecule has 2 aromatic carbocycles. The number of aromatic nitrogens is 3. The number of para-hydroxylation sites is 1. The fourth-order valence-corrected chi connectivity index (χ4v) is 8.06. The molecule has 8 atom stereocenters. The summed E-state index contributed by atoms with van der Waals surface area (Å²) in [6, 6.07) is 13.8. The third-order valence-electron chi connectivity index (χ3n) is 10.4. The predicted octanol–water partition coefficient (Wildman–Crippen LogP) is 2.54. The van der Waals surface area contributed by atoms with E-state index in [0.717, 1.165) is 5.52 Å². The average Bonchev–Trinajstić information content (AvgIpc) is 3.91. The van der Waals surface area contributed by atoms with E-state index in [1.165, 1.54) is 16.9 Å². The molecular formula is C38H46N6O8. The Morgan fingerprint density at radius 3 is 2.62 bits per heavy atom. The van der Waals surface area contributed by atoms with Crippen molar-refractivity contribution in [2.24, 2.45) is 11.8 Å². The van der Waals surface area contributed by atoms with E-state index in [0.29, 0.717) is 30.3 Å². The second kappa shape index (κ2) is 15.8. The Morgan fingerprint density at radius 2 is 1.90 bits per heavy atom. The Morgan fingerprint density at radius 1 is 1.15 bits per heavy atom. The maximum Gasteiger partial charge on any atom is 0.313 e. The molecule has 0 radical (unpaired) electrons. The quantitative estimate of drug-likeness (QED) is 0.157. The molecule has 2 bridgehead atoms. The molecule has 14 nitrogen and oxygen atoms in total. The second-order valence-corrected chi connectivity index (χ2v) is 13.6. The van der Waals surface area contributed by atoms with Crippen molar-refractivity contribution in [3.05, 3.63) is 85.5 Å². The smallest absolute Gasteiger partial charge is 0.313 e. The summed E-state index contributed by atoms with van der Waals surface area (Å²) in [4.78, 5) is 59.5. The highest BCUT2D eigenvalue weighted by Gasteiger charge is 2.75. The first kappa shape index (κ1) is 36.9. The molecule has 6 rings (SSSR count). The molecule has 14 heteroatoms. The molecule has 3 aliphatic rings. The van der Waals surface area contributed by atoms with Crippen LogP contribution in [0.4, 0.5) is 0 Å². The number of fused-ring (bicyclic) bond motifs is 2. The van der Waals surface area contributed by atoms with E-state index in [1.807, 2.05) is 30.3 Å². The van der Waals surface area contributed by atoms with Gasteiger partial charge in [0.2, 0.25) is 17.7 Å². The predicted molar refractivity (Wildman–Crippen MR) is 189 cm³/mol. The van der Waals surface area contributed by atoms with Crippen molar-refractivity contribution in [2.45, 2.75) is 75.2 Å². The fraction of sp³-hybridized carbons (Fsp3) is 0.474. The van der Waals surface area contributed by atoms with Crippen LogP contribution in [0.3, 0.4) is 0 Å². The van der Waals surface area contributed by atoms with Crippen LogP contribution in [0.15, 0.2) is 79.9 Å². The molecule has 2 N–H and O–H groups in total. The van der Waals surface area contributed by atoms with Crippen LogP contribution < -0.4 is 5.32 Å². The van der Waals surface area contributed by atoms with Crippen molar-refractivity contribution in [2.75, 3.05) is 26.9 Å². The number of methoxy groups -OCH3 is 1. The Kier molecular flexibility index (Phi) is 11.2. The molecule has 276 valence electrons. The van der Waals surface area contributed by atoms with Gasteiger partial charge < -0.3 is 34.4 Å². The monoisotopic (exact) mass is 714 g/mol. The first-order chi connectivity index (χ1) is 25.2. The van der Waals surface area contributed by atoms with Gasteiger partial charge in [0.15, 0.2) is 0 Å². The highest BCUT2D eigenvalue weighted by molar-refractivity contribution is 5.98. The molecule has 52 heavy (non-hydrogen) atoms. The number of amides is 3. The number of nitrogens with zero attached hydrogens (tertiary/aromatic N) is 5. The van der Waals surface area contributed by atoms with Gasteiger partial charge in [-0.05, 0) is 43.9 Å². The summed E-state index contributed by atoms with van der Waals surface area (Å²) in [5, 5.41) is 21.7. The number of nitrogens with one attached hydrogen (secondary N) is 1. The summed E-state index contributed by atoms with van der Waals surface area (Å²) >= 11 is 0. The number of carbonyl (C=O) groups is 4. The number of rotatable bonds is 17. The Balaban J connectivity index is 1.32. The number of ether oxygens (including phenoxy) is 3. The third-order valence-corrected chi connectivity index (χ3v) is 10.4. The lowest BCUT2D eigenvalue weighted by Gasteiger charge is -2.38. The van der Waals surface area contributed by atoms with E-state index in [-0.39, 0.29) is 32.1 Å². The van der Waals surface area contributed by atoms with Gasteiger partial charge in [0.25, 0.3) is 0 Å². The second-order valence-electron chi connectivity index (χ2n) is 13.6. The number of aliphatic hydroxyl groups excluding tert-OH is 1. The highest BCUT2D eigenvalue weighted by Crippen LogP contribution is 2.59. The standard InChI is InChI=1S/C38H46N6O8/c1-5-7-17-30(46)39-27(22-50-4)33(25-13-9-8-10-14-25)51-37(49)31-29-18-19-38(52-29)32(31)35(47)44(24(3)21-45)34(38)36(48)42(20-6-2)23-43-28-16-12-11-15-26(28)40-41-43/h5-6,8-16,24,27,29,31-34,45H,1-2,7,17-23H2,3-4H3,(H,39,46)/t24-,27-,29-,31+,32+,33-,34-,38+/m1/s1. The van der Waals surface area contributed by atoms with Crippen LogP contribution in [-0.2, 0) is 40.1 Å². The lowest BCUT2D eigenvalue weighted by atomic mass is 9.70. The molecule has 3 saturated heterocycles. The van der Waals surface area contributed by atoms with Gasteiger partial charge in [-0.1, -0.05) is 59.8 Å². The van der Waals surface area contributed by atoms with Crippen molar-refractivity contribution < 1.29 is 38.5 Å². The van der Waals surface area contributed by atoms with E-state index in [9.17, 15) is 24.3 Å². The van der Waals surface area contributed by atoms with Crippen LogP contribution in [-0.4, -0.2) is 110 Å². The van der Waals surface area contributed by atoms with Crippen LogP contribution >= 0.6 is 0 Å². The molecule has 3 aromatic rings. The molecule has 3 aliphatic heterocycles.